The standard InChI is InChI=1S/C19H16N4O2S/c1-25-13-7-8-15-12(9-13)10-14-17(20-15)26-19-21-16(22-23(19)18(14)24)11-5-3-2-4-6-11/h2-10,17-18,20,24H,1H3/t17-,18+/m0/s1. The Morgan fingerprint density at radius 1 is 1.19 bits per heavy atom. The van der Waals surface area contributed by atoms with Crippen molar-refractivity contribution in [3.63, 3.8) is 0 Å². The van der Waals surface area contributed by atoms with Crippen LogP contribution in [0.1, 0.15) is 11.8 Å². The quantitative estimate of drug-likeness (QED) is 0.726. The molecule has 0 saturated carbocycles. The van der Waals surface area contributed by atoms with Gasteiger partial charge in [-0.05, 0) is 24.3 Å². The normalized spacial score (nSPS) is 20.3. The summed E-state index contributed by atoms with van der Waals surface area (Å²) in [5.74, 6) is 1.40. The third-order valence-corrected chi connectivity index (χ3v) is 5.67. The molecule has 3 aromatic rings. The number of nitrogens with one attached hydrogen (secondary N) is 1. The average molecular weight is 364 g/mol. The highest BCUT2D eigenvalue weighted by molar-refractivity contribution is 8.00. The number of aliphatic hydroxyl groups excluding tert-OH is 1. The first-order valence-electron chi connectivity index (χ1n) is 8.26. The molecule has 2 aliphatic rings. The molecule has 0 bridgehead atoms. The van der Waals surface area contributed by atoms with Gasteiger partial charge in [0.05, 0.1) is 7.11 Å². The molecule has 2 aliphatic heterocycles. The Bertz CT molecular complexity index is 1020. The van der Waals surface area contributed by atoms with E-state index in [9.17, 15) is 5.11 Å². The Hall–Kier alpha value is -2.77. The van der Waals surface area contributed by atoms with Crippen LogP contribution in [0.3, 0.4) is 0 Å². The fourth-order valence-electron chi connectivity index (χ4n) is 3.21. The molecule has 130 valence electrons. The minimum atomic E-state index is -0.854. The van der Waals surface area contributed by atoms with E-state index < -0.39 is 6.23 Å². The molecule has 0 amide bonds. The number of rotatable bonds is 2. The molecule has 6 nitrogen and oxygen atoms in total. The molecule has 2 N–H and O–H groups in total. The van der Waals surface area contributed by atoms with E-state index in [2.05, 4.69) is 15.4 Å². The summed E-state index contributed by atoms with van der Waals surface area (Å²) >= 11 is 1.55. The zero-order chi connectivity index (χ0) is 17.7. The Kier molecular flexibility index (Phi) is 3.51. The maximum absolute atomic E-state index is 10.9. The van der Waals surface area contributed by atoms with Crippen molar-refractivity contribution in [3.8, 4) is 17.1 Å². The first-order valence-corrected chi connectivity index (χ1v) is 9.13. The molecule has 0 aliphatic carbocycles. The highest BCUT2D eigenvalue weighted by Gasteiger charge is 2.36. The van der Waals surface area contributed by atoms with E-state index in [1.807, 2.05) is 54.6 Å². The fourth-order valence-corrected chi connectivity index (χ4v) is 4.32. The first kappa shape index (κ1) is 15.5. The Morgan fingerprint density at radius 3 is 2.85 bits per heavy atom. The lowest BCUT2D eigenvalue weighted by Crippen LogP contribution is -2.32. The Balaban J connectivity index is 1.55. The van der Waals surface area contributed by atoms with Crippen molar-refractivity contribution in [3.05, 3.63) is 59.7 Å². The van der Waals surface area contributed by atoms with Crippen molar-refractivity contribution >= 4 is 23.5 Å². The second-order valence-corrected chi connectivity index (χ2v) is 7.21. The van der Waals surface area contributed by atoms with Gasteiger partial charge in [0, 0.05) is 22.4 Å². The summed E-state index contributed by atoms with van der Waals surface area (Å²) in [5.41, 5.74) is 3.78. The summed E-state index contributed by atoms with van der Waals surface area (Å²) in [4.78, 5) is 4.61. The molecule has 26 heavy (non-hydrogen) atoms. The van der Waals surface area contributed by atoms with Crippen LogP contribution in [0.25, 0.3) is 17.5 Å². The molecular formula is C19H16N4O2S. The van der Waals surface area contributed by atoms with Gasteiger partial charge in [-0.1, -0.05) is 42.1 Å². The van der Waals surface area contributed by atoms with E-state index in [1.165, 1.54) is 0 Å². The molecule has 0 saturated heterocycles. The number of nitrogens with zero attached hydrogens (tertiary/aromatic N) is 3. The van der Waals surface area contributed by atoms with Gasteiger partial charge in [-0.15, -0.1) is 5.10 Å². The predicted molar refractivity (Wildman–Crippen MR) is 101 cm³/mol. The van der Waals surface area contributed by atoms with Gasteiger partial charge in [0.25, 0.3) is 0 Å². The average Bonchev–Trinajstić information content (AvgIpc) is 3.11. The molecule has 7 heteroatoms. The largest absolute Gasteiger partial charge is 0.497 e. The van der Waals surface area contributed by atoms with Gasteiger partial charge in [0.1, 0.15) is 11.1 Å². The zero-order valence-electron chi connectivity index (χ0n) is 14.0. The molecule has 0 unspecified atom stereocenters. The number of aliphatic hydroxyl groups is 1. The highest BCUT2D eigenvalue weighted by Crippen LogP contribution is 2.44. The summed E-state index contributed by atoms with van der Waals surface area (Å²) in [5, 5.41) is 19.5. The molecule has 0 spiro atoms. The van der Waals surface area contributed by atoms with E-state index in [0.717, 1.165) is 28.1 Å². The van der Waals surface area contributed by atoms with Crippen LogP contribution in [0.15, 0.2) is 59.3 Å². The van der Waals surface area contributed by atoms with Crippen molar-refractivity contribution in [2.45, 2.75) is 16.8 Å². The number of anilines is 1. The second kappa shape index (κ2) is 5.89. The summed E-state index contributed by atoms with van der Waals surface area (Å²) in [6.45, 7) is 0. The maximum atomic E-state index is 10.9. The molecule has 2 aromatic carbocycles. The molecule has 0 fully saturated rings. The van der Waals surface area contributed by atoms with Crippen LogP contribution < -0.4 is 10.1 Å². The number of fused-ring (bicyclic) bond motifs is 3. The van der Waals surface area contributed by atoms with Gasteiger partial charge in [-0.25, -0.2) is 9.67 Å². The fraction of sp³-hybridized carbons (Fsp3) is 0.158. The van der Waals surface area contributed by atoms with Crippen molar-refractivity contribution < 1.29 is 9.84 Å². The summed E-state index contributed by atoms with van der Waals surface area (Å²) in [6.07, 6.45) is 1.15. The third-order valence-electron chi connectivity index (χ3n) is 4.56. The van der Waals surface area contributed by atoms with Crippen LogP contribution in [0, 0.1) is 0 Å². The number of benzene rings is 2. The molecule has 2 atom stereocenters. The lowest BCUT2D eigenvalue weighted by molar-refractivity contribution is 0.113. The molecular weight excluding hydrogens is 348 g/mol. The van der Waals surface area contributed by atoms with E-state index in [1.54, 1.807) is 23.6 Å². The predicted octanol–water partition coefficient (Wildman–Crippen LogP) is 3.39. The number of aromatic nitrogens is 3. The van der Waals surface area contributed by atoms with Crippen LogP contribution in [0.2, 0.25) is 0 Å². The number of thioether (sulfide) groups is 1. The lowest BCUT2D eigenvalue weighted by Gasteiger charge is -2.33. The van der Waals surface area contributed by atoms with Gasteiger partial charge in [-0.3, -0.25) is 0 Å². The van der Waals surface area contributed by atoms with Crippen molar-refractivity contribution in [2.24, 2.45) is 0 Å². The Labute approximate surface area is 154 Å². The van der Waals surface area contributed by atoms with E-state index >= 15 is 0 Å². The van der Waals surface area contributed by atoms with Gasteiger partial charge in [0.2, 0.25) is 0 Å². The van der Waals surface area contributed by atoms with Crippen LogP contribution in [-0.4, -0.2) is 32.4 Å². The summed E-state index contributed by atoms with van der Waals surface area (Å²) in [6, 6.07) is 15.6. The monoisotopic (exact) mass is 364 g/mol. The van der Waals surface area contributed by atoms with E-state index in [4.69, 9.17) is 4.74 Å². The van der Waals surface area contributed by atoms with Crippen LogP contribution in [0.5, 0.6) is 5.75 Å². The zero-order valence-corrected chi connectivity index (χ0v) is 14.8. The molecule has 0 radical (unpaired) electrons. The number of hydrogen-bond acceptors (Lipinski definition) is 6. The van der Waals surface area contributed by atoms with Crippen LogP contribution in [0.4, 0.5) is 5.69 Å². The molecule has 1 aromatic heterocycles. The van der Waals surface area contributed by atoms with E-state index in [-0.39, 0.29) is 5.37 Å². The van der Waals surface area contributed by atoms with Gasteiger partial charge in [0.15, 0.2) is 17.2 Å². The second-order valence-electron chi connectivity index (χ2n) is 6.14. The number of hydrogen-bond donors (Lipinski definition) is 2. The summed E-state index contributed by atoms with van der Waals surface area (Å²) in [7, 11) is 1.64. The first-order chi connectivity index (χ1) is 12.7. The Morgan fingerprint density at radius 2 is 2.04 bits per heavy atom. The highest BCUT2D eigenvalue weighted by atomic mass is 32.2. The smallest absolute Gasteiger partial charge is 0.191 e. The van der Waals surface area contributed by atoms with Crippen LogP contribution in [-0.2, 0) is 0 Å². The lowest BCUT2D eigenvalue weighted by atomic mass is 10.0. The van der Waals surface area contributed by atoms with Gasteiger partial charge >= 0.3 is 0 Å². The summed E-state index contributed by atoms with van der Waals surface area (Å²) < 4.78 is 6.88. The van der Waals surface area contributed by atoms with Gasteiger partial charge < -0.3 is 15.2 Å². The minimum absolute atomic E-state index is 0.0776. The molecule has 3 heterocycles. The van der Waals surface area contributed by atoms with Crippen LogP contribution >= 0.6 is 11.8 Å². The van der Waals surface area contributed by atoms with Gasteiger partial charge in [-0.2, -0.15) is 0 Å². The SMILES string of the molecule is COc1ccc2c(c1)C=C1[C@@H](O)n3nc(-c4ccccc4)nc3S[C@@H]1N2. The minimum Gasteiger partial charge on any atom is -0.497 e. The maximum Gasteiger partial charge on any atom is 0.191 e. The van der Waals surface area contributed by atoms with Crippen molar-refractivity contribution in [1.82, 2.24) is 14.8 Å². The van der Waals surface area contributed by atoms with E-state index in [0.29, 0.717) is 11.0 Å². The third kappa shape index (κ3) is 2.40. The topological polar surface area (TPSA) is 72.2 Å². The van der Waals surface area contributed by atoms with Crippen molar-refractivity contribution in [1.29, 1.82) is 0 Å². The number of ether oxygens (including phenoxy) is 1. The molecule has 5 rings (SSSR count). The van der Waals surface area contributed by atoms with Crippen molar-refractivity contribution in [2.75, 3.05) is 12.4 Å². The number of methoxy groups -OCH3 is 1.